The second-order valence-corrected chi connectivity index (χ2v) is 12.4. The number of benzene rings is 3. The van der Waals surface area contributed by atoms with Crippen molar-refractivity contribution in [1.29, 1.82) is 0 Å². The number of sulfonamides is 1. The summed E-state index contributed by atoms with van der Waals surface area (Å²) in [5.74, 6) is -0.692. The molecule has 3 aromatic rings. The van der Waals surface area contributed by atoms with Gasteiger partial charge in [0.05, 0.1) is 10.6 Å². The largest absolute Gasteiger partial charge is 0.352 e. The van der Waals surface area contributed by atoms with Gasteiger partial charge in [0.1, 0.15) is 12.6 Å². The Hall–Kier alpha value is -3.65. The summed E-state index contributed by atoms with van der Waals surface area (Å²) in [4.78, 5) is 29.3. The molecule has 0 spiro atoms. The van der Waals surface area contributed by atoms with Crippen LogP contribution in [0.2, 0.25) is 0 Å². The van der Waals surface area contributed by atoms with Gasteiger partial charge < -0.3 is 10.2 Å². The molecule has 220 valence electrons. The van der Waals surface area contributed by atoms with Crippen molar-refractivity contribution in [1.82, 2.24) is 10.2 Å². The van der Waals surface area contributed by atoms with E-state index in [-0.39, 0.29) is 23.4 Å². The lowest BCUT2D eigenvalue weighted by Crippen LogP contribution is -2.53. The molecule has 0 saturated heterocycles. The van der Waals surface area contributed by atoms with Gasteiger partial charge in [0.2, 0.25) is 11.8 Å². The molecule has 2 atom stereocenters. The minimum atomic E-state index is -4.10. The Balaban J connectivity index is 2.09. The van der Waals surface area contributed by atoms with Gasteiger partial charge in [-0.1, -0.05) is 86.5 Å². The topological polar surface area (TPSA) is 86.8 Å². The van der Waals surface area contributed by atoms with Crippen LogP contribution in [0.25, 0.3) is 0 Å². The first-order valence-corrected chi connectivity index (χ1v) is 15.8. The van der Waals surface area contributed by atoms with Crippen LogP contribution in [0, 0.1) is 13.8 Å². The molecule has 0 unspecified atom stereocenters. The molecule has 0 aliphatic heterocycles. The number of nitrogens with zero attached hydrogens (tertiary/aromatic N) is 2. The van der Waals surface area contributed by atoms with Crippen molar-refractivity contribution >= 4 is 27.5 Å². The average molecular weight is 578 g/mol. The summed E-state index contributed by atoms with van der Waals surface area (Å²) in [6.45, 7) is 11.3. The summed E-state index contributed by atoms with van der Waals surface area (Å²) < 4.78 is 29.4. The molecule has 0 radical (unpaired) electrons. The fraction of sp³-hybridized carbons (Fsp3) is 0.394. The number of carbonyl (C=O) groups excluding carboxylic acids is 2. The maximum absolute atomic E-state index is 14.2. The number of anilines is 1. The highest BCUT2D eigenvalue weighted by Crippen LogP contribution is 2.28. The molecule has 0 fully saturated rings. The van der Waals surface area contributed by atoms with E-state index in [0.717, 1.165) is 28.7 Å². The summed E-state index contributed by atoms with van der Waals surface area (Å²) in [5, 5.41) is 3.01. The maximum Gasteiger partial charge on any atom is 0.264 e. The van der Waals surface area contributed by atoms with Crippen LogP contribution in [0.1, 0.15) is 62.8 Å². The number of aryl methyl sites for hydroxylation is 3. The molecule has 0 aromatic heterocycles. The second-order valence-electron chi connectivity index (χ2n) is 10.6. The van der Waals surface area contributed by atoms with Crippen molar-refractivity contribution < 1.29 is 18.0 Å². The molecule has 2 amide bonds. The molecule has 0 aliphatic rings. The van der Waals surface area contributed by atoms with Gasteiger partial charge in [0.25, 0.3) is 10.0 Å². The predicted octanol–water partition coefficient (Wildman–Crippen LogP) is 5.78. The van der Waals surface area contributed by atoms with Crippen molar-refractivity contribution in [3.05, 3.63) is 95.1 Å². The van der Waals surface area contributed by atoms with Crippen molar-refractivity contribution in [2.75, 3.05) is 10.8 Å². The normalized spacial score (nSPS) is 12.8. The van der Waals surface area contributed by atoms with E-state index in [4.69, 9.17) is 0 Å². The highest BCUT2D eigenvalue weighted by molar-refractivity contribution is 7.92. The van der Waals surface area contributed by atoms with Crippen LogP contribution < -0.4 is 9.62 Å². The van der Waals surface area contributed by atoms with E-state index in [9.17, 15) is 18.0 Å². The van der Waals surface area contributed by atoms with E-state index in [1.165, 1.54) is 9.21 Å². The number of hydrogen-bond acceptors (Lipinski definition) is 4. The van der Waals surface area contributed by atoms with Crippen LogP contribution in [0.3, 0.4) is 0 Å². The minimum absolute atomic E-state index is 0.0530. The fourth-order valence-electron chi connectivity index (χ4n) is 4.65. The predicted molar refractivity (Wildman–Crippen MR) is 165 cm³/mol. The molecule has 0 heterocycles. The molecule has 41 heavy (non-hydrogen) atoms. The van der Waals surface area contributed by atoms with E-state index < -0.39 is 28.5 Å². The molecule has 3 rings (SSSR count). The summed E-state index contributed by atoms with van der Waals surface area (Å²) in [7, 11) is -4.10. The lowest BCUT2D eigenvalue weighted by atomic mass is 10.1. The lowest BCUT2D eigenvalue weighted by Gasteiger charge is -2.34. The Bertz CT molecular complexity index is 1420. The van der Waals surface area contributed by atoms with Crippen LogP contribution in [0.15, 0.2) is 77.7 Å². The summed E-state index contributed by atoms with van der Waals surface area (Å²) in [5.41, 5.74) is 4.14. The number of para-hydroxylation sites is 1. The van der Waals surface area contributed by atoms with Gasteiger partial charge in [-0.05, 0) is 69.4 Å². The van der Waals surface area contributed by atoms with E-state index in [1.54, 1.807) is 36.4 Å². The highest BCUT2D eigenvalue weighted by atomic mass is 32.2. The number of nitrogens with one attached hydrogen (secondary N) is 1. The third-order valence-corrected chi connectivity index (χ3v) is 9.16. The van der Waals surface area contributed by atoms with E-state index >= 15 is 0 Å². The Morgan fingerprint density at radius 3 is 1.98 bits per heavy atom. The Kier molecular flexibility index (Phi) is 11.1. The van der Waals surface area contributed by atoms with Crippen LogP contribution in [-0.2, 0) is 32.6 Å². The average Bonchev–Trinajstić information content (AvgIpc) is 2.96. The van der Waals surface area contributed by atoms with Gasteiger partial charge in [0, 0.05) is 12.6 Å². The van der Waals surface area contributed by atoms with Crippen LogP contribution in [0.4, 0.5) is 5.69 Å². The lowest BCUT2D eigenvalue weighted by molar-refractivity contribution is -0.140. The Labute approximate surface area is 245 Å². The SMILES string of the molecule is CCc1ccccc1N(CC(=O)N(Cc1ccc(C)cc1)[C@H](CC)C(=O)N[C@@H](C)CC)S(=O)(=O)c1ccc(C)cc1. The molecule has 0 aliphatic carbocycles. The molecule has 0 saturated carbocycles. The first-order valence-electron chi connectivity index (χ1n) is 14.3. The number of carbonyl (C=O) groups is 2. The Morgan fingerprint density at radius 2 is 1.41 bits per heavy atom. The maximum atomic E-state index is 14.2. The fourth-order valence-corrected chi connectivity index (χ4v) is 6.11. The van der Waals surface area contributed by atoms with Crippen molar-refractivity contribution in [2.24, 2.45) is 0 Å². The van der Waals surface area contributed by atoms with Gasteiger partial charge in [0.15, 0.2) is 0 Å². The zero-order valence-electron chi connectivity index (χ0n) is 25.1. The van der Waals surface area contributed by atoms with Gasteiger partial charge in [-0.3, -0.25) is 13.9 Å². The molecular weight excluding hydrogens is 534 g/mol. The highest BCUT2D eigenvalue weighted by Gasteiger charge is 2.34. The van der Waals surface area contributed by atoms with Crippen LogP contribution >= 0.6 is 0 Å². The summed E-state index contributed by atoms with van der Waals surface area (Å²) in [6, 6.07) is 20.8. The van der Waals surface area contributed by atoms with Crippen molar-refractivity contribution in [3.8, 4) is 0 Å². The zero-order valence-corrected chi connectivity index (χ0v) is 25.9. The third-order valence-electron chi connectivity index (χ3n) is 7.39. The van der Waals surface area contributed by atoms with E-state index in [1.807, 2.05) is 77.9 Å². The molecule has 1 N–H and O–H groups in total. The van der Waals surface area contributed by atoms with Gasteiger partial charge >= 0.3 is 0 Å². The monoisotopic (exact) mass is 577 g/mol. The van der Waals surface area contributed by atoms with E-state index in [0.29, 0.717) is 18.5 Å². The van der Waals surface area contributed by atoms with Gasteiger partial charge in [-0.15, -0.1) is 0 Å². The first-order chi connectivity index (χ1) is 19.5. The molecular formula is C33H43N3O4S. The molecule has 0 bridgehead atoms. The summed E-state index contributed by atoms with van der Waals surface area (Å²) >= 11 is 0. The number of hydrogen-bond donors (Lipinski definition) is 1. The van der Waals surface area contributed by atoms with E-state index in [2.05, 4.69) is 5.32 Å². The number of amides is 2. The third kappa shape index (κ3) is 7.97. The van der Waals surface area contributed by atoms with Crippen molar-refractivity contribution in [2.45, 2.75) is 84.3 Å². The molecule has 8 heteroatoms. The van der Waals surface area contributed by atoms with Crippen LogP contribution in [-0.4, -0.2) is 43.8 Å². The Morgan fingerprint density at radius 1 is 0.829 bits per heavy atom. The standard InChI is InChI=1S/C33H43N3O4S/c1-7-26(6)34-33(38)30(9-3)35(22-27-18-14-24(4)15-19-27)32(37)23-36(31-13-11-10-12-28(31)8-2)41(39,40)29-20-16-25(5)17-21-29/h10-21,26,30H,7-9,22-23H2,1-6H3,(H,34,38)/t26-,30+/m0/s1. The first kappa shape index (κ1) is 31.9. The number of rotatable bonds is 13. The van der Waals surface area contributed by atoms with Gasteiger partial charge in [-0.2, -0.15) is 0 Å². The quantitative estimate of drug-likeness (QED) is 0.279. The zero-order chi connectivity index (χ0) is 30.2. The minimum Gasteiger partial charge on any atom is -0.352 e. The smallest absolute Gasteiger partial charge is 0.264 e. The molecule has 3 aromatic carbocycles. The van der Waals surface area contributed by atoms with Crippen LogP contribution in [0.5, 0.6) is 0 Å². The van der Waals surface area contributed by atoms with Crippen molar-refractivity contribution in [3.63, 3.8) is 0 Å². The second kappa shape index (κ2) is 14.3. The summed E-state index contributed by atoms with van der Waals surface area (Å²) in [6.07, 6.45) is 1.73. The molecule has 7 nitrogen and oxygen atoms in total. The van der Waals surface area contributed by atoms with Gasteiger partial charge in [-0.25, -0.2) is 8.42 Å².